The highest BCUT2D eigenvalue weighted by Gasteiger charge is 2.23. The van der Waals surface area contributed by atoms with Crippen LogP contribution in [0.1, 0.15) is 12.5 Å². The largest absolute Gasteiger partial charge is 0.478 e. The molecule has 28 heavy (non-hydrogen) atoms. The fourth-order valence-electron chi connectivity index (χ4n) is 2.98. The number of carbonyl (C=O) groups is 1. The van der Waals surface area contributed by atoms with Crippen LogP contribution < -0.4 is 4.74 Å². The number of fused-ring (bicyclic) bond motifs is 1. The Bertz CT molecular complexity index is 1110. The molecule has 0 fully saturated rings. The first-order valence-electron chi connectivity index (χ1n) is 8.44. The van der Waals surface area contributed by atoms with Gasteiger partial charge in [-0.15, -0.1) is 0 Å². The van der Waals surface area contributed by atoms with E-state index >= 15 is 0 Å². The molecule has 0 atom stereocenters. The van der Waals surface area contributed by atoms with Crippen LogP contribution in [-0.4, -0.2) is 24.3 Å². The minimum atomic E-state index is -0.724. The number of hydrogen-bond acceptors (Lipinski definition) is 4. The smallest absolute Gasteiger partial charge is 0.348 e. The molecule has 0 N–H and O–H groups in total. The third-order valence-electron chi connectivity index (χ3n) is 4.13. The molecule has 0 amide bonds. The second-order valence-electron chi connectivity index (χ2n) is 5.74. The first kappa shape index (κ1) is 19.8. The Morgan fingerprint density at radius 2 is 1.86 bits per heavy atom. The zero-order valence-electron chi connectivity index (χ0n) is 15.2. The summed E-state index contributed by atoms with van der Waals surface area (Å²) in [6, 6.07) is 14.6. The summed E-state index contributed by atoms with van der Waals surface area (Å²) in [5.74, 6) is -0.298. The van der Waals surface area contributed by atoms with Crippen molar-refractivity contribution in [3.8, 4) is 17.6 Å². The van der Waals surface area contributed by atoms with Crippen LogP contribution in [-0.2, 0) is 9.53 Å². The van der Waals surface area contributed by atoms with Crippen molar-refractivity contribution in [2.75, 3.05) is 13.7 Å². The second kappa shape index (κ2) is 8.39. The van der Waals surface area contributed by atoms with Crippen molar-refractivity contribution in [1.29, 1.82) is 5.26 Å². The van der Waals surface area contributed by atoms with Gasteiger partial charge >= 0.3 is 5.97 Å². The highest BCUT2D eigenvalue weighted by atomic mass is 35.5. The third kappa shape index (κ3) is 3.45. The standard InChI is InChI=1S/C21H16Cl2N2O3/c1-3-28-20-15(11-13(12-24)21(26)27-2)14-7-4-5-10-18(14)25(20)19-16(22)8-6-9-17(19)23/h4-11H,3H2,1-2H3/b13-11+. The lowest BCUT2D eigenvalue weighted by atomic mass is 10.1. The number of nitriles is 1. The summed E-state index contributed by atoms with van der Waals surface area (Å²) >= 11 is 12.9. The van der Waals surface area contributed by atoms with Crippen molar-refractivity contribution >= 4 is 46.2 Å². The third-order valence-corrected chi connectivity index (χ3v) is 4.74. The minimum Gasteiger partial charge on any atom is -0.478 e. The Balaban J connectivity index is 2.44. The molecule has 1 aromatic heterocycles. The number of benzene rings is 2. The summed E-state index contributed by atoms with van der Waals surface area (Å²) in [7, 11) is 1.23. The molecule has 5 nitrogen and oxygen atoms in total. The fourth-order valence-corrected chi connectivity index (χ4v) is 3.54. The Kier molecular flexibility index (Phi) is 5.93. The monoisotopic (exact) mass is 414 g/mol. The zero-order valence-corrected chi connectivity index (χ0v) is 16.7. The zero-order chi connectivity index (χ0) is 20.3. The Labute approximate surface area is 172 Å². The van der Waals surface area contributed by atoms with Crippen LogP contribution in [0.25, 0.3) is 22.7 Å². The van der Waals surface area contributed by atoms with Gasteiger partial charge in [0.1, 0.15) is 11.6 Å². The van der Waals surface area contributed by atoms with E-state index in [9.17, 15) is 10.1 Å². The van der Waals surface area contributed by atoms with Gasteiger partial charge in [-0.1, -0.05) is 47.5 Å². The van der Waals surface area contributed by atoms with Gasteiger partial charge in [0.2, 0.25) is 5.88 Å². The van der Waals surface area contributed by atoms with Crippen LogP contribution in [0.15, 0.2) is 48.0 Å². The molecule has 0 aliphatic heterocycles. The summed E-state index contributed by atoms with van der Waals surface area (Å²) in [6.45, 7) is 2.20. The van der Waals surface area contributed by atoms with E-state index in [1.807, 2.05) is 37.3 Å². The van der Waals surface area contributed by atoms with Crippen LogP contribution in [0.5, 0.6) is 5.88 Å². The number of methoxy groups -OCH3 is 1. The highest BCUT2D eigenvalue weighted by Crippen LogP contribution is 2.41. The van der Waals surface area contributed by atoms with E-state index in [2.05, 4.69) is 0 Å². The first-order chi connectivity index (χ1) is 13.5. The normalized spacial score (nSPS) is 11.3. The van der Waals surface area contributed by atoms with Gasteiger partial charge in [-0.05, 0) is 31.2 Å². The lowest BCUT2D eigenvalue weighted by Crippen LogP contribution is -2.05. The molecule has 0 unspecified atom stereocenters. The molecule has 3 rings (SSSR count). The SMILES string of the molecule is CCOc1c(/C=C(\C#N)C(=O)OC)c2ccccc2n1-c1c(Cl)cccc1Cl. The highest BCUT2D eigenvalue weighted by molar-refractivity contribution is 6.38. The number of carbonyl (C=O) groups excluding carboxylic acids is 1. The fraction of sp³-hybridized carbons (Fsp3) is 0.143. The van der Waals surface area contributed by atoms with E-state index in [1.165, 1.54) is 13.2 Å². The average Bonchev–Trinajstić information content (AvgIpc) is 2.99. The summed E-state index contributed by atoms with van der Waals surface area (Å²) in [5, 5.41) is 11.0. The number of rotatable bonds is 5. The van der Waals surface area contributed by atoms with Crippen LogP contribution in [0.2, 0.25) is 10.0 Å². The molecule has 0 aliphatic carbocycles. The summed E-state index contributed by atoms with van der Waals surface area (Å²) in [4.78, 5) is 11.9. The van der Waals surface area contributed by atoms with Crippen molar-refractivity contribution in [2.45, 2.75) is 6.92 Å². The summed E-state index contributed by atoms with van der Waals surface area (Å²) < 4.78 is 12.4. The molecule has 0 bridgehead atoms. The van der Waals surface area contributed by atoms with Gasteiger partial charge in [-0.25, -0.2) is 4.79 Å². The summed E-state index contributed by atoms with van der Waals surface area (Å²) in [6.07, 6.45) is 1.46. The van der Waals surface area contributed by atoms with Crippen LogP contribution in [0.4, 0.5) is 0 Å². The quantitative estimate of drug-likeness (QED) is 0.317. The predicted octanol–water partition coefficient (Wildman–Crippen LogP) is 5.42. The number of hydrogen-bond donors (Lipinski definition) is 0. The molecule has 1 heterocycles. The van der Waals surface area contributed by atoms with E-state index in [1.54, 1.807) is 22.8 Å². The van der Waals surface area contributed by atoms with Crippen molar-refractivity contribution in [3.63, 3.8) is 0 Å². The van der Waals surface area contributed by atoms with E-state index in [-0.39, 0.29) is 5.57 Å². The average molecular weight is 415 g/mol. The number of aromatic nitrogens is 1. The molecule has 0 spiro atoms. The molecule has 7 heteroatoms. The van der Waals surface area contributed by atoms with Crippen LogP contribution >= 0.6 is 23.2 Å². The Morgan fingerprint density at radius 1 is 1.18 bits per heavy atom. The number of ether oxygens (including phenoxy) is 2. The Hall–Kier alpha value is -2.94. The number of halogens is 2. The van der Waals surface area contributed by atoms with Crippen LogP contribution in [0, 0.1) is 11.3 Å². The number of esters is 1. The molecule has 142 valence electrons. The van der Waals surface area contributed by atoms with Crippen molar-refractivity contribution in [2.24, 2.45) is 0 Å². The van der Waals surface area contributed by atoms with Gasteiger partial charge in [0, 0.05) is 10.9 Å². The van der Waals surface area contributed by atoms with Gasteiger partial charge in [-0.3, -0.25) is 4.57 Å². The lowest BCUT2D eigenvalue weighted by Gasteiger charge is -2.14. The molecule has 0 aliphatic rings. The van der Waals surface area contributed by atoms with Crippen molar-refractivity contribution in [1.82, 2.24) is 4.57 Å². The van der Waals surface area contributed by atoms with E-state index < -0.39 is 5.97 Å². The van der Waals surface area contributed by atoms with Crippen molar-refractivity contribution < 1.29 is 14.3 Å². The first-order valence-corrected chi connectivity index (χ1v) is 9.19. The molecule has 3 aromatic rings. The van der Waals surface area contributed by atoms with Gasteiger partial charge < -0.3 is 9.47 Å². The van der Waals surface area contributed by atoms with Gasteiger partial charge in [0.15, 0.2) is 0 Å². The van der Waals surface area contributed by atoms with E-state index in [0.717, 1.165) is 10.9 Å². The topological polar surface area (TPSA) is 64.2 Å². The van der Waals surface area contributed by atoms with Gasteiger partial charge in [0.25, 0.3) is 0 Å². The number of para-hydroxylation sites is 2. The molecule has 2 aromatic carbocycles. The molecule has 0 saturated heterocycles. The molecule has 0 saturated carbocycles. The number of nitrogens with zero attached hydrogens (tertiary/aromatic N) is 2. The molecule has 0 radical (unpaired) electrons. The van der Waals surface area contributed by atoms with Crippen molar-refractivity contribution in [3.05, 3.63) is 63.6 Å². The minimum absolute atomic E-state index is 0.142. The Morgan fingerprint density at radius 3 is 2.46 bits per heavy atom. The maximum atomic E-state index is 11.9. The second-order valence-corrected chi connectivity index (χ2v) is 6.55. The van der Waals surface area contributed by atoms with Gasteiger partial charge in [0.05, 0.1) is 35.0 Å². The predicted molar refractivity (Wildman–Crippen MR) is 110 cm³/mol. The van der Waals surface area contributed by atoms with Crippen LogP contribution in [0.3, 0.4) is 0 Å². The molecular formula is C21H16Cl2N2O3. The van der Waals surface area contributed by atoms with E-state index in [0.29, 0.717) is 33.8 Å². The lowest BCUT2D eigenvalue weighted by molar-refractivity contribution is -0.135. The molecular weight excluding hydrogens is 399 g/mol. The van der Waals surface area contributed by atoms with Gasteiger partial charge in [-0.2, -0.15) is 5.26 Å². The maximum Gasteiger partial charge on any atom is 0.348 e. The summed E-state index contributed by atoms with van der Waals surface area (Å²) in [5.41, 5.74) is 1.75. The van der Waals surface area contributed by atoms with E-state index in [4.69, 9.17) is 32.7 Å². The maximum absolute atomic E-state index is 11.9.